The van der Waals surface area contributed by atoms with Crippen molar-refractivity contribution in [2.75, 3.05) is 12.3 Å². The standard InChI is InChI=1S/C18H18N4O2S2/c1-12(23)11-25-18-20-22-16(24)14-10-21(9-13-5-3-2-4-6-13)8-7-15(14)19-17(22)26-18/h2-6H,7-11H2,1H3. The van der Waals surface area contributed by atoms with Crippen molar-refractivity contribution < 1.29 is 4.79 Å². The van der Waals surface area contributed by atoms with Crippen LogP contribution in [0.3, 0.4) is 0 Å². The average Bonchev–Trinajstić information content (AvgIpc) is 3.05. The maximum Gasteiger partial charge on any atom is 0.279 e. The van der Waals surface area contributed by atoms with Gasteiger partial charge in [-0.05, 0) is 12.5 Å². The Bertz CT molecular complexity index is 1010. The number of aromatic nitrogens is 3. The Labute approximate surface area is 158 Å². The fourth-order valence-corrected chi connectivity index (χ4v) is 4.78. The molecule has 0 aliphatic carbocycles. The van der Waals surface area contributed by atoms with Crippen LogP contribution in [0.5, 0.6) is 0 Å². The summed E-state index contributed by atoms with van der Waals surface area (Å²) < 4.78 is 2.09. The number of ketones is 1. The van der Waals surface area contributed by atoms with Gasteiger partial charge in [-0.15, -0.1) is 5.10 Å². The molecule has 26 heavy (non-hydrogen) atoms. The molecule has 1 aliphatic heterocycles. The smallest absolute Gasteiger partial charge is 0.279 e. The fraction of sp³-hybridized carbons (Fsp3) is 0.333. The Hall–Kier alpha value is -2.03. The molecular weight excluding hydrogens is 368 g/mol. The molecule has 0 radical (unpaired) electrons. The van der Waals surface area contributed by atoms with Crippen molar-refractivity contribution in [1.29, 1.82) is 0 Å². The van der Waals surface area contributed by atoms with E-state index >= 15 is 0 Å². The Morgan fingerprint density at radius 2 is 2.12 bits per heavy atom. The molecular formula is C18H18N4O2S2. The minimum Gasteiger partial charge on any atom is -0.299 e. The molecule has 1 aromatic carbocycles. The van der Waals surface area contributed by atoms with Gasteiger partial charge in [-0.3, -0.25) is 14.5 Å². The van der Waals surface area contributed by atoms with Gasteiger partial charge in [0.2, 0.25) is 4.96 Å². The summed E-state index contributed by atoms with van der Waals surface area (Å²) in [5.74, 6) is 0.449. The molecule has 0 unspecified atom stereocenters. The summed E-state index contributed by atoms with van der Waals surface area (Å²) in [6, 6.07) is 10.3. The molecule has 0 saturated heterocycles. The van der Waals surface area contributed by atoms with Crippen LogP contribution in [0, 0.1) is 0 Å². The van der Waals surface area contributed by atoms with E-state index in [-0.39, 0.29) is 11.3 Å². The van der Waals surface area contributed by atoms with E-state index in [9.17, 15) is 9.59 Å². The first kappa shape index (κ1) is 17.4. The first-order chi connectivity index (χ1) is 12.6. The first-order valence-electron chi connectivity index (χ1n) is 8.40. The molecule has 4 rings (SSSR count). The molecule has 6 nitrogen and oxygen atoms in total. The number of thioether (sulfide) groups is 1. The molecule has 0 fully saturated rings. The maximum atomic E-state index is 12.9. The molecule has 134 valence electrons. The van der Waals surface area contributed by atoms with Gasteiger partial charge < -0.3 is 0 Å². The number of nitrogens with zero attached hydrogens (tertiary/aromatic N) is 4. The van der Waals surface area contributed by atoms with Crippen LogP contribution < -0.4 is 5.56 Å². The molecule has 8 heteroatoms. The third-order valence-electron chi connectivity index (χ3n) is 4.27. The molecule has 3 heterocycles. The van der Waals surface area contributed by atoms with Gasteiger partial charge in [0.1, 0.15) is 5.78 Å². The van der Waals surface area contributed by atoms with Crippen molar-refractivity contribution >= 4 is 33.8 Å². The largest absolute Gasteiger partial charge is 0.299 e. The SMILES string of the molecule is CC(=O)CSc1nn2c(=O)c3c(nc2s1)CCN(Cc1ccccc1)C3. The lowest BCUT2D eigenvalue weighted by atomic mass is 10.1. The van der Waals surface area contributed by atoms with Crippen LogP contribution in [0.25, 0.3) is 4.96 Å². The van der Waals surface area contributed by atoms with E-state index < -0.39 is 0 Å². The second-order valence-corrected chi connectivity index (χ2v) is 8.52. The van der Waals surface area contributed by atoms with Gasteiger partial charge in [-0.2, -0.15) is 4.52 Å². The first-order valence-corrected chi connectivity index (χ1v) is 10.2. The highest BCUT2D eigenvalue weighted by Gasteiger charge is 2.23. The van der Waals surface area contributed by atoms with Crippen LogP contribution >= 0.6 is 23.1 Å². The van der Waals surface area contributed by atoms with E-state index in [1.807, 2.05) is 18.2 Å². The number of benzene rings is 1. The topological polar surface area (TPSA) is 67.6 Å². The minimum absolute atomic E-state index is 0.0883. The molecule has 0 amide bonds. The lowest BCUT2D eigenvalue weighted by molar-refractivity contribution is -0.114. The van der Waals surface area contributed by atoms with Crippen LogP contribution in [0.1, 0.15) is 23.7 Å². The van der Waals surface area contributed by atoms with Crippen molar-refractivity contribution in [2.24, 2.45) is 0 Å². The Kier molecular flexibility index (Phi) is 4.88. The van der Waals surface area contributed by atoms with Gasteiger partial charge in [0.25, 0.3) is 5.56 Å². The predicted molar refractivity (Wildman–Crippen MR) is 103 cm³/mol. The van der Waals surface area contributed by atoms with E-state index in [0.717, 1.165) is 30.8 Å². The van der Waals surface area contributed by atoms with Gasteiger partial charge >= 0.3 is 0 Å². The number of carbonyl (C=O) groups is 1. The highest BCUT2D eigenvalue weighted by atomic mass is 32.2. The quantitative estimate of drug-likeness (QED) is 0.627. The van der Waals surface area contributed by atoms with Crippen molar-refractivity contribution in [3.63, 3.8) is 0 Å². The molecule has 2 aromatic heterocycles. The lowest BCUT2D eigenvalue weighted by Crippen LogP contribution is -2.36. The highest BCUT2D eigenvalue weighted by molar-refractivity contribution is 8.01. The van der Waals surface area contributed by atoms with Gasteiger partial charge in [-0.25, -0.2) is 4.98 Å². The van der Waals surface area contributed by atoms with E-state index in [1.54, 1.807) is 6.92 Å². The number of carbonyl (C=O) groups excluding carboxylic acids is 1. The molecule has 0 bridgehead atoms. The Morgan fingerprint density at radius 3 is 2.88 bits per heavy atom. The van der Waals surface area contributed by atoms with Gasteiger partial charge in [0.15, 0.2) is 4.34 Å². The van der Waals surface area contributed by atoms with Gasteiger partial charge in [0.05, 0.1) is 17.0 Å². The summed E-state index contributed by atoms with van der Waals surface area (Å²) in [4.78, 5) is 31.6. The third kappa shape index (κ3) is 3.58. The Morgan fingerprint density at radius 1 is 1.31 bits per heavy atom. The zero-order valence-electron chi connectivity index (χ0n) is 14.3. The molecule has 1 aliphatic rings. The number of hydrogen-bond donors (Lipinski definition) is 0. The van der Waals surface area contributed by atoms with Crippen molar-refractivity contribution in [2.45, 2.75) is 30.8 Å². The molecule has 0 N–H and O–H groups in total. The van der Waals surface area contributed by atoms with E-state index in [2.05, 4.69) is 27.1 Å². The normalized spacial score (nSPS) is 14.5. The number of fused-ring (bicyclic) bond motifs is 2. The molecule has 0 spiro atoms. The van der Waals surface area contributed by atoms with E-state index in [1.165, 1.54) is 33.2 Å². The average molecular weight is 387 g/mol. The van der Waals surface area contributed by atoms with E-state index in [4.69, 9.17) is 0 Å². The summed E-state index contributed by atoms with van der Waals surface area (Å²) in [6.45, 7) is 3.84. The van der Waals surface area contributed by atoms with Gasteiger partial charge in [-0.1, -0.05) is 53.4 Å². The van der Waals surface area contributed by atoms with Crippen LogP contribution in [-0.4, -0.2) is 37.6 Å². The zero-order valence-corrected chi connectivity index (χ0v) is 16.0. The highest BCUT2D eigenvalue weighted by Crippen LogP contribution is 2.25. The van der Waals surface area contributed by atoms with Gasteiger partial charge in [0, 0.05) is 26.1 Å². The fourth-order valence-electron chi connectivity index (χ4n) is 3.03. The van der Waals surface area contributed by atoms with Crippen LogP contribution in [0.2, 0.25) is 0 Å². The van der Waals surface area contributed by atoms with Crippen molar-refractivity contribution in [3.05, 3.63) is 57.5 Å². The molecule has 3 aromatic rings. The van der Waals surface area contributed by atoms with Crippen molar-refractivity contribution in [1.82, 2.24) is 19.5 Å². The summed E-state index contributed by atoms with van der Waals surface area (Å²) >= 11 is 2.72. The summed E-state index contributed by atoms with van der Waals surface area (Å²) in [6.07, 6.45) is 0.766. The summed E-state index contributed by atoms with van der Waals surface area (Å²) in [7, 11) is 0. The third-order valence-corrected chi connectivity index (χ3v) is 6.45. The van der Waals surface area contributed by atoms with Crippen LogP contribution in [0.4, 0.5) is 0 Å². The molecule has 0 atom stereocenters. The number of Topliss-reactive ketones (excluding diaryl/α,β-unsaturated/α-hetero) is 1. The van der Waals surface area contributed by atoms with E-state index in [0.29, 0.717) is 21.6 Å². The molecule has 0 saturated carbocycles. The Balaban J connectivity index is 1.60. The predicted octanol–water partition coefficient (Wildman–Crippen LogP) is 2.39. The minimum atomic E-state index is -0.0892. The second kappa shape index (κ2) is 7.30. The lowest BCUT2D eigenvalue weighted by Gasteiger charge is -2.27. The second-order valence-electron chi connectivity index (χ2n) is 6.34. The van der Waals surface area contributed by atoms with Crippen LogP contribution in [-0.2, 0) is 24.3 Å². The zero-order chi connectivity index (χ0) is 18.1. The number of rotatable bonds is 5. The van der Waals surface area contributed by atoms with Crippen LogP contribution in [0.15, 0.2) is 39.5 Å². The maximum absolute atomic E-state index is 12.9. The number of hydrogen-bond acceptors (Lipinski definition) is 7. The van der Waals surface area contributed by atoms with Crippen molar-refractivity contribution in [3.8, 4) is 0 Å². The monoisotopic (exact) mass is 386 g/mol. The summed E-state index contributed by atoms with van der Waals surface area (Å²) in [5.41, 5.74) is 2.76. The summed E-state index contributed by atoms with van der Waals surface area (Å²) in [5, 5.41) is 4.35.